The summed E-state index contributed by atoms with van der Waals surface area (Å²) < 4.78 is 9.54. The highest BCUT2D eigenvalue weighted by Crippen LogP contribution is 2.10. The Labute approximate surface area is 179 Å². The minimum absolute atomic E-state index is 0.0242. The van der Waals surface area contributed by atoms with E-state index in [-0.39, 0.29) is 46.7 Å². The van der Waals surface area contributed by atoms with Crippen LogP contribution in [0.25, 0.3) is 11.3 Å². The topological polar surface area (TPSA) is 195 Å². The van der Waals surface area contributed by atoms with Gasteiger partial charge >= 0.3 is 11.4 Å². The number of nitrogens with two attached hydrogens (primary N) is 1. The number of hydrogen-bond acceptors (Lipinski definition) is 11. The normalized spacial score (nSPS) is 11.3. The molecule has 0 aromatic carbocycles. The van der Waals surface area contributed by atoms with Crippen molar-refractivity contribution in [3.63, 3.8) is 0 Å². The lowest BCUT2D eigenvalue weighted by Crippen LogP contribution is -2.41. The maximum atomic E-state index is 12.0. The summed E-state index contributed by atoms with van der Waals surface area (Å²) in [6.07, 6.45) is 2.58. The molecule has 0 aliphatic heterocycles. The number of amides is 1. The van der Waals surface area contributed by atoms with Crippen LogP contribution in [0.15, 0.2) is 22.2 Å². The molecule has 0 bridgehead atoms. The van der Waals surface area contributed by atoms with Crippen LogP contribution in [0.2, 0.25) is 0 Å². The van der Waals surface area contributed by atoms with Crippen LogP contribution < -0.4 is 27.2 Å². The lowest BCUT2D eigenvalue weighted by atomic mass is 10.1. The molecule has 0 fully saturated rings. The number of carbonyl (C=O) groups excluding carboxylic acids is 1. The van der Waals surface area contributed by atoms with E-state index >= 15 is 0 Å². The first-order chi connectivity index (χ1) is 15.0. The summed E-state index contributed by atoms with van der Waals surface area (Å²) in [5, 5.41) is 17.5. The second kappa shape index (κ2) is 8.50. The molecule has 170 valence electrons. The van der Waals surface area contributed by atoms with Gasteiger partial charge in [-0.25, -0.2) is 23.4 Å². The fourth-order valence-electron chi connectivity index (χ4n) is 2.48. The number of aromatic nitrogens is 10. The summed E-state index contributed by atoms with van der Waals surface area (Å²) in [6, 6.07) is 0. The quantitative estimate of drug-likeness (QED) is 0.315. The standard InChI is InChI=1S/C10H14N6O2.C6H8N6O2/c1-10(2,3)12-8(17)6-7-13-14-15(4)9(18)16(7)5-11-6;1-11-6(13)12-3-8-5(14-2-7)4(12)9-10-11/h5H,1-4H3,(H,12,17);3H,2,7H2,1H3. The summed E-state index contributed by atoms with van der Waals surface area (Å²) in [5.74, 6) is -0.176. The van der Waals surface area contributed by atoms with Crippen molar-refractivity contribution in [3.05, 3.63) is 39.3 Å². The van der Waals surface area contributed by atoms with Gasteiger partial charge in [-0.1, -0.05) is 10.4 Å². The van der Waals surface area contributed by atoms with Gasteiger partial charge in [0, 0.05) is 19.6 Å². The maximum Gasteiger partial charge on any atom is 0.352 e. The first-order valence-electron chi connectivity index (χ1n) is 9.23. The van der Waals surface area contributed by atoms with Crippen LogP contribution in [0, 0.1) is 0 Å². The van der Waals surface area contributed by atoms with Crippen LogP contribution in [0.5, 0.6) is 5.88 Å². The van der Waals surface area contributed by atoms with Crippen LogP contribution in [0.3, 0.4) is 0 Å². The van der Waals surface area contributed by atoms with E-state index in [2.05, 4.69) is 35.9 Å². The van der Waals surface area contributed by atoms with E-state index in [0.29, 0.717) is 0 Å². The van der Waals surface area contributed by atoms with Gasteiger partial charge < -0.3 is 10.1 Å². The molecule has 3 N–H and O–H groups in total. The molecule has 0 saturated heterocycles. The van der Waals surface area contributed by atoms with Crippen molar-refractivity contribution < 1.29 is 9.53 Å². The summed E-state index contributed by atoms with van der Waals surface area (Å²) >= 11 is 0. The zero-order valence-corrected chi connectivity index (χ0v) is 18.0. The summed E-state index contributed by atoms with van der Waals surface area (Å²) in [7, 11) is 2.97. The third-order valence-electron chi connectivity index (χ3n) is 3.89. The molecule has 0 unspecified atom stereocenters. The Morgan fingerprint density at radius 2 is 1.53 bits per heavy atom. The number of aryl methyl sites for hydroxylation is 2. The van der Waals surface area contributed by atoms with Crippen molar-refractivity contribution in [1.29, 1.82) is 0 Å². The average molecular weight is 446 g/mol. The van der Waals surface area contributed by atoms with Gasteiger partial charge in [-0.2, -0.15) is 14.3 Å². The van der Waals surface area contributed by atoms with E-state index in [1.165, 1.54) is 35.6 Å². The van der Waals surface area contributed by atoms with Crippen molar-refractivity contribution in [1.82, 2.24) is 54.1 Å². The molecule has 32 heavy (non-hydrogen) atoms. The third kappa shape index (κ3) is 4.43. The molecule has 4 rings (SSSR count). The number of ether oxygens (including phenoxy) is 1. The van der Waals surface area contributed by atoms with Crippen LogP contribution in [0.1, 0.15) is 31.3 Å². The largest absolute Gasteiger partial charge is 0.459 e. The smallest absolute Gasteiger partial charge is 0.352 e. The first-order valence-corrected chi connectivity index (χ1v) is 9.23. The van der Waals surface area contributed by atoms with Gasteiger partial charge in [0.2, 0.25) is 5.65 Å². The fourth-order valence-corrected chi connectivity index (χ4v) is 2.48. The van der Waals surface area contributed by atoms with Crippen molar-refractivity contribution in [2.45, 2.75) is 26.3 Å². The van der Waals surface area contributed by atoms with E-state index in [1.54, 1.807) is 0 Å². The van der Waals surface area contributed by atoms with Gasteiger partial charge in [0.15, 0.2) is 11.3 Å². The first kappa shape index (κ1) is 22.5. The Balaban J connectivity index is 0.000000186. The zero-order chi connectivity index (χ0) is 23.6. The minimum Gasteiger partial charge on any atom is -0.459 e. The Kier molecular flexibility index (Phi) is 5.97. The van der Waals surface area contributed by atoms with Crippen molar-refractivity contribution in [3.8, 4) is 5.88 Å². The molecule has 4 aromatic rings. The van der Waals surface area contributed by atoms with E-state index in [1.807, 2.05) is 20.8 Å². The van der Waals surface area contributed by atoms with E-state index in [4.69, 9.17) is 10.5 Å². The Hall–Kier alpha value is -4.21. The molecule has 0 aliphatic rings. The molecular formula is C16H22N12O4. The lowest BCUT2D eigenvalue weighted by molar-refractivity contribution is 0.0916. The van der Waals surface area contributed by atoms with Crippen LogP contribution in [-0.2, 0) is 14.1 Å². The number of carbonyl (C=O) groups is 1. The highest BCUT2D eigenvalue weighted by molar-refractivity contribution is 5.98. The number of nitrogens with zero attached hydrogens (tertiary/aromatic N) is 10. The molecule has 0 atom stereocenters. The Morgan fingerprint density at radius 1 is 1.00 bits per heavy atom. The van der Waals surface area contributed by atoms with Crippen molar-refractivity contribution >= 4 is 17.2 Å². The number of nitrogens with one attached hydrogen (secondary N) is 1. The van der Waals surface area contributed by atoms with Gasteiger partial charge in [-0.05, 0) is 20.8 Å². The maximum absolute atomic E-state index is 12.0. The third-order valence-corrected chi connectivity index (χ3v) is 3.89. The molecule has 4 heterocycles. The molecule has 1 amide bonds. The number of fused-ring (bicyclic) bond motifs is 2. The highest BCUT2D eigenvalue weighted by atomic mass is 16.5. The minimum atomic E-state index is -0.401. The average Bonchev–Trinajstić information content (AvgIpc) is 3.32. The number of hydrogen-bond donors (Lipinski definition) is 2. The predicted octanol–water partition coefficient (Wildman–Crippen LogP) is -2.53. The van der Waals surface area contributed by atoms with Crippen LogP contribution >= 0.6 is 0 Å². The van der Waals surface area contributed by atoms with Crippen LogP contribution in [0.4, 0.5) is 0 Å². The zero-order valence-electron chi connectivity index (χ0n) is 18.0. The fraction of sp³-hybridized carbons (Fsp3) is 0.438. The summed E-state index contributed by atoms with van der Waals surface area (Å²) in [6.45, 7) is 5.54. The molecular weight excluding hydrogens is 424 g/mol. The molecule has 16 heteroatoms. The second-order valence-corrected chi connectivity index (χ2v) is 7.54. The van der Waals surface area contributed by atoms with E-state index in [9.17, 15) is 14.4 Å². The molecule has 0 aliphatic carbocycles. The van der Waals surface area contributed by atoms with Crippen molar-refractivity contribution in [2.24, 2.45) is 19.8 Å². The van der Waals surface area contributed by atoms with Gasteiger partial charge in [0.25, 0.3) is 11.8 Å². The SMILES string of the molecule is Cn1nnc2c(C(=O)NC(C)(C)C)ncn2c1=O.Cn1nnc2c(OCN)ncn2c1=O. The molecule has 16 nitrogen and oxygen atoms in total. The molecule has 0 saturated carbocycles. The predicted molar refractivity (Wildman–Crippen MR) is 109 cm³/mol. The van der Waals surface area contributed by atoms with Gasteiger partial charge in [-0.15, -0.1) is 10.2 Å². The van der Waals surface area contributed by atoms with Gasteiger partial charge in [0.05, 0.1) is 0 Å². The number of rotatable bonds is 3. The van der Waals surface area contributed by atoms with Gasteiger partial charge in [0.1, 0.15) is 19.4 Å². The monoisotopic (exact) mass is 446 g/mol. The van der Waals surface area contributed by atoms with E-state index < -0.39 is 5.69 Å². The van der Waals surface area contributed by atoms with Crippen LogP contribution in [-0.4, -0.2) is 66.9 Å². The highest BCUT2D eigenvalue weighted by Gasteiger charge is 2.21. The number of imidazole rings is 2. The molecule has 0 radical (unpaired) electrons. The molecule has 4 aromatic heterocycles. The van der Waals surface area contributed by atoms with E-state index in [0.717, 1.165) is 9.36 Å². The summed E-state index contributed by atoms with van der Waals surface area (Å²) in [4.78, 5) is 42.9. The summed E-state index contributed by atoms with van der Waals surface area (Å²) in [5.41, 5.74) is 4.56. The lowest BCUT2D eigenvalue weighted by Gasteiger charge is -2.19. The van der Waals surface area contributed by atoms with Crippen molar-refractivity contribution in [2.75, 3.05) is 6.73 Å². The second-order valence-electron chi connectivity index (χ2n) is 7.54. The Morgan fingerprint density at radius 3 is 2.09 bits per heavy atom. The molecule has 0 spiro atoms. The Bertz CT molecular complexity index is 1390. The van der Waals surface area contributed by atoms with Gasteiger partial charge in [-0.3, -0.25) is 10.5 Å².